The molecule has 0 amide bonds. The maximum Gasteiger partial charge on any atom is 0.189 e. The number of ketones is 1. The molecule has 4 nitrogen and oxygen atoms in total. The summed E-state index contributed by atoms with van der Waals surface area (Å²) in [5.74, 6) is 1.49. The molecule has 0 saturated carbocycles. The fourth-order valence-electron chi connectivity index (χ4n) is 2.48. The Balaban J connectivity index is 1.86. The molecule has 1 heterocycles. The van der Waals surface area contributed by atoms with Crippen LogP contribution in [0.15, 0.2) is 41.3 Å². The van der Waals surface area contributed by atoms with E-state index in [0.717, 1.165) is 10.6 Å². The van der Waals surface area contributed by atoms with E-state index < -0.39 is 5.82 Å². The first kappa shape index (κ1) is 17.4. The first-order valence-corrected chi connectivity index (χ1v) is 8.64. The second-order valence-corrected chi connectivity index (χ2v) is 6.42. The lowest BCUT2D eigenvalue weighted by Gasteiger charge is -2.18. The predicted molar refractivity (Wildman–Crippen MR) is 95.5 cm³/mol. The number of hydrogen-bond acceptors (Lipinski definition) is 5. The van der Waals surface area contributed by atoms with Crippen molar-refractivity contribution in [3.05, 3.63) is 53.4 Å². The Hall–Kier alpha value is -2.47. The average Bonchev–Trinajstić information content (AvgIpc) is 2.65. The lowest BCUT2D eigenvalue weighted by Crippen LogP contribution is -2.09. The number of benzene rings is 2. The summed E-state index contributed by atoms with van der Waals surface area (Å²) in [6, 6.07) is 8.01. The normalized spacial score (nSPS) is 13.2. The maximum atomic E-state index is 13.7. The van der Waals surface area contributed by atoms with Gasteiger partial charge < -0.3 is 14.2 Å². The van der Waals surface area contributed by atoms with Crippen molar-refractivity contribution in [1.82, 2.24) is 0 Å². The lowest BCUT2D eigenvalue weighted by molar-refractivity contribution is 0.104. The van der Waals surface area contributed by atoms with Crippen molar-refractivity contribution in [2.75, 3.05) is 26.6 Å². The number of hydrogen-bond donors (Lipinski definition) is 0. The molecule has 1 aliphatic rings. The van der Waals surface area contributed by atoms with Crippen LogP contribution in [-0.4, -0.2) is 32.4 Å². The predicted octanol–water partition coefficient (Wildman–Crippen LogP) is 4.22. The van der Waals surface area contributed by atoms with Crippen LogP contribution >= 0.6 is 11.8 Å². The molecular weight excluding hydrogens is 343 g/mol. The van der Waals surface area contributed by atoms with E-state index in [2.05, 4.69) is 0 Å². The first-order chi connectivity index (χ1) is 12.1. The van der Waals surface area contributed by atoms with Gasteiger partial charge in [0.25, 0.3) is 0 Å². The quantitative estimate of drug-likeness (QED) is 0.590. The fourth-order valence-corrected chi connectivity index (χ4v) is 3.32. The van der Waals surface area contributed by atoms with Crippen molar-refractivity contribution in [3.8, 4) is 17.2 Å². The Morgan fingerprint density at radius 2 is 2.00 bits per heavy atom. The van der Waals surface area contributed by atoms with E-state index in [1.807, 2.05) is 6.07 Å². The van der Waals surface area contributed by atoms with Gasteiger partial charge in [-0.3, -0.25) is 4.79 Å². The van der Waals surface area contributed by atoms with Gasteiger partial charge in [0.2, 0.25) is 0 Å². The molecule has 0 unspecified atom stereocenters. The van der Waals surface area contributed by atoms with Crippen LogP contribution in [0.4, 0.5) is 4.39 Å². The van der Waals surface area contributed by atoms with Crippen molar-refractivity contribution < 1.29 is 23.4 Å². The van der Waals surface area contributed by atoms with E-state index in [4.69, 9.17) is 14.2 Å². The minimum absolute atomic E-state index is 0.162. The summed E-state index contributed by atoms with van der Waals surface area (Å²) in [6.07, 6.45) is 2.95. The van der Waals surface area contributed by atoms with Crippen LogP contribution in [0.1, 0.15) is 15.9 Å². The van der Waals surface area contributed by atoms with Gasteiger partial charge in [-0.2, -0.15) is 0 Å². The van der Waals surface area contributed by atoms with Crippen molar-refractivity contribution >= 4 is 23.6 Å². The molecule has 0 radical (unpaired) electrons. The monoisotopic (exact) mass is 360 g/mol. The molecule has 25 heavy (non-hydrogen) atoms. The fraction of sp³-hybridized carbons (Fsp3) is 0.211. The zero-order valence-corrected chi connectivity index (χ0v) is 14.7. The summed E-state index contributed by atoms with van der Waals surface area (Å²) in [4.78, 5) is 13.5. The molecule has 0 N–H and O–H groups in total. The molecule has 6 heteroatoms. The number of carbonyl (C=O) groups excluding carboxylic acids is 1. The second kappa shape index (κ2) is 7.61. The second-order valence-electron chi connectivity index (χ2n) is 5.29. The lowest BCUT2D eigenvalue weighted by atomic mass is 10.1. The highest BCUT2D eigenvalue weighted by Gasteiger charge is 2.18. The van der Waals surface area contributed by atoms with E-state index in [1.165, 1.54) is 32.4 Å². The van der Waals surface area contributed by atoms with Crippen LogP contribution < -0.4 is 14.2 Å². The van der Waals surface area contributed by atoms with Gasteiger partial charge >= 0.3 is 0 Å². The zero-order chi connectivity index (χ0) is 17.8. The Labute approximate surface area is 149 Å². The van der Waals surface area contributed by atoms with Crippen LogP contribution in [0.25, 0.3) is 6.08 Å². The SMILES string of the molecule is COc1ccc(/C=C/C(=O)c2cc3c(cc2OC)SCCO3)cc1F. The molecule has 0 bridgehead atoms. The van der Waals surface area contributed by atoms with Crippen LogP contribution in [0, 0.1) is 5.82 Å². The van der Waals surface area contributed by atoms with Gasteiger partial charge in [0, 0.05) is 5.75 Å². The summed E-state index contributed by atoms with van der Waals surface area (Å²) >= 11 is 1.67. The number of thioether (sulfide) groups is 1. The molecule has 0 spiro atoms. The van der Waals surface area contributed by atoms with Gasteiger partial charge in [-0.05, 0) is 35.9 Å². The largest absolute Gasteiger partial charge is 0.496 e. The van der Waals surface area contributed by atoms with Gasteiger partial charge in [-0.25, -0.2) is 4.39 Å². The van der Waals surface area contributed by atoms with E-state index in [1.54, 1.807) is 30.0 Å². The zero-order valence-electron chi connectivity index (χ0n) is 13.9. The Bertz CT molecular complexity index is 832. The topological polar surface area (TPSA) is 44.8 Å². The van der Waals surface area contributed by atoms with E-state index >= 15 is 0 Å². The third-order valence-corrected chi connectivity index (χ3v) is 4.73. The number of carbonyl (C=O) groups is 1. The number of fused-ring (bicyclic) bond motifs is 1. The molecule has 0 aliphatic carbocycles. The van der Waals surface area contributed by atoms with Crippen LogP contribution in [0.2, 0.25) is 0 Å². The highest BCUT2D eigenvalue weighted by atomic mass is 32.2. The molecule has 3 rings (SSSR count). The summed E-state index contributed by atoms with van der Waals surface area (Å²) in [7, 11) is 2.93. The van der Waals surface area contributed by atoms with Crippen LogP contribution in [0.3, 0.4) is 0 Å². The molecule has 0 aromatic heterocycles. The first-order valence-electron chi connectivity index (χ1n) is 7.66. The highest BCUT2D eigenvalue weighted by Crippen LogP contribution is 2.38. The van der Waals surface area contributed by atoms with Crippen LogP contribution in [0.5, 0.6) is 17.2 Å². The van der Waals surface area contributed by atoms with Gasteiger partial charge in [-0.15, -0.1) is 11.8 Å². The number of halogens is 1. The molecule has 0 atom stereocenters. The molecule has 0 saturated heterocycles. The molecule has 1 aliphatic heterocycles. The molecule has 2 aromatic carbocycles. The van der Waals surface area contributed by atoms with E-state index in [9.17, 15) is 9.18 Å². The summed E-state index contributed by atoms with van der Waals surface area (Å²) < 4.78 is 29.5. The summed E-state index contributed by atoms with van der Waals surface area (Å²) in [5, 5.41) is 0. The van der Waals surface area contributed by atoms with Crippen molar-refractivity contribution in [2.45, 2.75) is 4.90 Å². The summed E-state index contributed by atoms with van der Waals surface area (Å²) in [6.45, 7) is 0.610. The number of allylic oxidation sites excluding steroid dienone is 1. The number of rotatable bonds is 5. The van der Waals surface area contributed by atoms with Gasteiger partial charge in [0.1, 0.15) is 11.5 Å². The molecule has 130 valence electrons. The standard InChI is InChI=1S/C19H17FO4S/c1-22-16-6-4-12(9-14(16)20)3-5-15(21)13-10-18-19(11-17(13)23-2)25-8-7-24-18/h3-6,9-11H,7-8H2,1-2H3/b5-3+. The van der Waals surface area contributed by atoms with Crippen molar-refractivity contribution in [2.24, 2.45) is 0 Å². The summed E-state index contributed by atoms with van der Waals surface area (Å²) in [5.41, 5.74) is 0.976. The van der Waals surface area contributed by atoms with E-state index in [-0.39, 0.29) is 11.5 Å². The Morgan fingerprint density at radius 1 is 1.20 bits per heavy atom. The average molecular weight is 360 g/mol. The highest BCUT2D eigenvalue weighted by molar-refractivity contribution is 7.99. The third kappa shape index (κ3) is 3.79. The minimum atomic E-state index is -0.478. The Kier molecular flexibility index (Phi) is 5.28. The Morgan fingerprint density at radius 3 is 2.72 bits per heavy atom. The minimum Gasteiger partial charge on any atom is -0.496 e. The van der Waals surface area contributed by atoms with Gasteiger partial charge in [0.05, 0.1) is 31.3 Å². The molecule has 2 aromatic rings. The maximum absolute atomic E-state index is 13.7. The van der Waals surface area contributed by atoms with Gasteiger partial charge in [0.15, 0.2) is 17.3 Å². The smallest absolute Gasteiger partial charge is 0.189 e. The van der Waals surface area contributed by atoms with Crippen molar-refractivity contribution in [1.29, 1.82) is 0 Å². The molecule has 0 fully saturated rings. The van der Waals surface area contributed by atoms with Gasteiger partial charge in [-0.1, -0.05) is 12.1 Å². The van der Waals surface area contributed by atoms with Crippen molar-refractivity contribution in [3.63, 3.8) is 0 Å². The van der Waals surface area contributed by atoms with E-state index in [0.29, 0.717) is 29.2 Å². The number of ether oxygens (including phenoxy) is 3. The molecular formula is C19H17FO4S. The third-order valence-electron chi connectivity index (χ3n) is 3.73. The number of methoxy groups -OCH3 is 2. The van der Waals surface area contributed by atoms with Crippen LogP contribution in [-0.2, 0) is 0 Å².